The van der Waals surface area contributed by atoms with Gasteiger partial charge < -0.3 is 19.7 Å². The van der Waals surface area contributed by atoms with E-state index in [4.69, 9.17) is 0 Å². The number of hydrogen-bond donors (Lipinski definition) is 1. The van der Waals surface area contributed by atoms with Crippen LogP contribution in [-0.2, 0) is 13.6 Å². The summed E-state index contributed by atoms with van der Waals surface area (Å²) in [5.74, 6) is 1.00. The van der Waals surface area contributed by atoms with Crippen molar-refractivity contribution in [3.63, 3.8) is 0 Å². The van der Waals surface area contributed by atoms with Gasteiger partial charge in [0.1, 0.15) is 0 Å². The Kier molecular flexibility index (Phi) is 5.39. The van der Waals surface area contributed by atoms with Crippen LogP contribution in [0.1, 0.15) is 5.69 Å². The van der Waals surface area contributed by atoms with Gasteiger partial charge in [-0.15, -0.1) is 0 Å². The molecule has 2 heterocycles. The van der Waals surface area contributed by atoms with E-state index in [1.807, 2.05) is 25.2 Å². The second-order valence-corrected chi connectivity index (χ2v) is 5.82. The van der Waals surface area contributed by atoms with Crippen molar-refractivity contribution in [3.8, 4) is 0 Å². The van der Waals surface area contributed by atoms with Crippen molar-refractivity contribution in [1.29, 1.82) is 0 Å². The fraction of sp³-hybridized carbons (Fsp3) is 0.786. The van der Waals surface area contributed by atoms with E-state index in [9.17, 15) is 0 Å². The summed E-state index contributed by atoms with van der Waals surface area (Å²) in [7, 11) is 8.31. The number of anilines is 1. The van der Waals surface area contributed by atoms with E-state index in [0.717, 1.165) is 25.6 Å². The third-order valence-electron chi connectivity index (χ3n) is 3.97. The maximum Gasteiger partial charge on any atom is 0.204 e. The van der Waals surface area contributed by atoms with Gasteiger partial charge in [-0.05, 0) is 7.05 Å². The second-order valence-electron chi connectivity index (χ2n) is 5.82. The Hall–Kier alpha value is -1.11. The average molecular weight is 280 g/mol. The Labute approximate surface area is 122 Å². The van der Waals surface area contributed by atoms with E-state index < -0.39 is 0 Å². The van der Waals surface area contributed by atoms with Crippen LogP contribution in [0.15, 0.2) is 6.20 Å². The van der Waals surface area contributed by atoms with Gasteiger partial charge in [0.05, 0.1) is 11.9 Å². The summed E-state index contributed by atoms with van der Waals surface area (Å²) < 4.78 is 2.14. The molecule has 1 fully saturated rings. The van der Waals surface area contributed by atoms with Gasteiger partial charge >= 0.3 is 0 Å². The van der Waals surface area contributed by atoms with Crippen molar-refractivity contribution in [2.24, 2.45) is 7.05 Å². The van der Waals surface area contributed by atoms with E-state index in [-0.39, 0.29) is 0 Å². The lowest BCUT2D eigenvalue weighted by Crippen LogP contribution is -2.46. The van der Waals surface area contributed by atoms with E-state index in [1.54, 1.807) is 0 Å². The predicted molar refractivity (Wildman–Crippen MR) is 83.2 cm³/mol. The van der Waals surface area contributed by atoms with Crippen LogP contribution in [0.2, 0.25) is 0 Å². The van der Waals surface area contributed by atoms with Crippen LogP contribution in [0.5, 0.6) is 0 Å². The van der Waals surface area contributed by atoms with Gasteiger partial charge in [-0.25, -0.2) is 4.98 Å². The summed E-state index contributed by atoms with van der Waals surface area (Å²) in [6.07, 6.45) is 1.96. The highest BCUT2D eigenvalue weighted by Crippen LogP contribution is 2.10. The maximum atomic E-state index is 4.43. The zero-order valence-electron chi connectivity index (χ0n) is 13.3. The van der Waals surface area contributed by atoms with E-state index in [2.05, 4.69) is 38.8 Å². The molecule has 1 N–H and O–H groups in total. The first-order valence-corrected chi connectivity index (χ1v) is 7.37. The highest BCUT2D eigenvalue weighted by molar-refractivity contribution is 5.30. The van der Waals surface area contributed by atoms with Gasteiger partial charge in [0.25, 0.3) is 0 Å². The van der Waals surface area contributed by atoms with Crippen LogP contribution in [0.3, 0.4) is 0 Å². The lowest BCUT2D eigenvalue weighted by atomic mass is 10.3. The zero-order valence-corrected chi connectivity index (χ0v) is 13.3. The first-order valence-electron chi connectivity index (χ1n) is 7.37. The second kappa shape index (κ2) is 7.06. The zero-order chi connectivity index (χ0) is 14.5. The number of nitrogens with zero attached hydrogens (tertiary/aromatic N) is 5. The number of nitrogens with one attached hydrogen (secondary N) is 1. The van der Waals surface area contributed by atoms with Crippen LogP contribution in [-0.4, -0.2) is 79.8 Å². The molecular weight excluding hydrogens is 252 g/mol. The summed E-state index contributed by atoms with van der Waals surface area (Å²) in [5.41, 5.74) is 1.23. The highest BCUT2D eigenvalue weighted by Gasteiger charge is 2.13. The van der Waals surface area contributed by atoms with Crippen molar-refractivity contribution in [2.45, 2.75) is 6.54 Å². The molecule has 20 heavy (non-hydrogen) atoms. The molecule has 0 aliphatic carbocycles. The largest absolute Gasteiger partial charge is 0.348 e. The van der Waals surface area contributed by atoms with Crippen molar-refractivity contribution >= 4 is 5.95 Å². The van der Waals surface area contributed by atoms with Gasteiger partial charge in [0, 0.05) is 67.0 Å². The molecule has 0 amide bonds. The molecule has 6 nitrogen and oxygen atoms in total. The van der Waals surface area contributed by atoms with E-state index in [1.165, 1.54) is 31.9 Å². The molecular formula is C14H28N6. The predicted octanol–water partition coefficient (Wildman–Crippen LogP) is -0.177. The minimum atomic E-state index is 0.880. The number of imidazole rings is 1. The molecule has 0 atom stereocenters. The molecule has 1 aromatic heterocycles. The smallest absolute Gasteiger partial charge is 0.204 e. The van der Waals surface area contributed by atoms with Gasteiger partial charge in [-0.2, -0.15) is 0 Å². The molecule has 1 aliphatic rings. The van der Waals surface area contributed by atoms with E-state index in [0.29, 0.717) is 0 Å². The minimum Gasteiger partial charge on any atom is -0.348 e. The number of aromatic nitrogens is 2. The van der Waals surface area contributed by atoms with Crippen LogP contribution < -0.4 is 10.2 Å². The quantitative estimate of drug-likeness (QED) is 0.732. The Bertz CT molecular complexity index is 406. The average Bonchev–Trinajstić information content (AvgIpc) is 2.78. The SMILES string of the molecule is CN1CCN(CCNCc2cnc(N(C)C)n2C)CC1. The normalized spacial score (nSPS) is 17.6. The molecule has 0 aromatic carbocycles. The van der Waals surface area contributed by atoms with Crippen LogP contribution in [0.4, 0.5) is 5.95 Å². The Morgan fingerprint density at radius 2 is 1.90 bits per heavy atom. The number of likely N-dealkylation sites (N-methyl/N-ethyl adjacent to an activating group) is 1. The fourth-order valence-electron chi connectivity index (χ4n) is 2.54. The molecule has 2 rings (SSSR count). The lowest BCUT2D eigenvalue weighted by molar-refractivity contribution is 0.154. The molecule has 1 aliphatic heterocycles. The summed E-state index contributed by atoms with van der Waals surface area (Å²) in [5, 5.41) is 3.52. The maximum absolute atomic E-state index is 4.43. The fourth-order valence-corrected chi connectivity index (χ4v) is 2.54. The third-order valence-corrected chi connectivity index (χ3v) is 3.97. The number of piperazine rings is 1. The number of rotatable bonds is 6. The molecule has 0 spiro atoms. The first-order chi connectivity index (χ1) is 9.58. The molecule has 0 radical (unpaired) electrons. The molecule has 114 valence electrons. The Balaban J connectivity index is 1.68. The van der Waals surface area contributed by atoms with Crippen LogP contribution >= 0.6 is 0 Å². The topological polar surface area (TPSA) is 39.6 Å². The van der Waals surface area contributed by atoms with Gasteiger partial charge in [0.2, 0.25) is 5.95 Å². The summed E-state index contributed by atoms with van der Waals surface area (Å²) in [4.78, 5) is 11.4. The highest BCUT2D eigenvalue weighted by atomic mass is 15.3. The van der Waals surface area contributed by atoms with Gasteiger partial charge in [-0.1, -0.05) is 0 Å². The lowest BCUT2D eigenvalue weighted by Gasteiger charge is -2.32. The number of hydrogen-bond acceptors (Lipinski definition) is 5. The summed E-state index contributed by atoms with van der Waals surface area (Å²) >= 11 is 0. The van der Waals surface area contributed by atoms with Crippen LogP contribution in [0.25, 0.3) is 0 Å². The Morgan fingerprint density at radius 3 is 2.50 bits per heavy atom. The summed E-state index contributed by atoms with van der Waals surface area (Å²) in [6, 6.07) is 0. The van der Waals surface area contributed by atoms with Crippen molar-refractivity contribution < 1.29 is 0 Å². The van der Waals surface area contributed by atoms with E-state index >= 15 is 0 Å². The Morgan fingerprint density at radius 1 is 1.20 bits per heavy atom. The first kappa shape index (κ1) is 15.3. The minimum absolute atomic E-state index is 0.880. The molecule has 0 bridgehead atoms. The van der Waals surface area contributed by atoms with Crippen molar-refractivity contribution in [3.05, 3.63) is 11.9 Å². The van der Waals surface area contributed by atoms with Gasteiger partial charge in [-0.3, -0.25) is 4.90 Å². The molecule has 1 saturated heterocycles. The molecule has 0 saturated carbocycles. The molecule has 0 unspecified atom stereocenters. The monoisotopic (exact) mass is 280 g/mol. The third kappa shape index (κ3) is 3.94. The standard InChI is InChI=1S/C14H28N6/c1-17(2)14-16-12-13(19(14)4)11-15-5-6-20-9-7-18(3)8-10-20/h12,15H,5-11H2,1-4H3. The molecule has 1 aromatic rings. The van der Waals surface area contributed by atoms with Crippen molar-refractivity contribution in [1.82, 2.24) is 24.7 Å². The van der Waals surface area contributed by atoms with Crippen LogP contribution in [0, 0.1) is 0 Å². The molecule has 6 heteroatoms. The van der Waals surface area contributed by atoms with Crippen molar-refractivity contribution in [2.75, 3.05) is 65.3 Å². The summed E-state index contributed by atoms with van der Waals surface area (Å²) in [6.45, 7) is 7.80. The van der Waals surface area contributed by atoms with Gasteiger partial charge in [0.15, 0.2) is 0 Å².